The lowest BCUT2D eigenvalue weighted by Gasteiger charge is -2.32. The van der Waals surface area contributed by atoms with Gasteiger partial charge in [0.2, 0.25) is 11.9 Å². The van der Waals surface area contributed by atoms with Crippen LogP contribution in [0.2, 0.25) is 0 Å². The highest BCUT2D eigenvalue weighted by Gasteiger charge is 2.27. The van der Waals surface area contributed by atoms with Gasteiger partial charge in [0.25, 0.3) is 0 Å². The molecule has 5 nitrogen and oxygen atoms in total. The van der Waals surface area contributed by atoms with Crippen molar-refractivity contribution >= 4 is 23.2 Å². The van der Waals surface area contributed by atoms with E-state index in [0.717, 1.165) is 36.7 Å². The van der Waals surface area contributed by atoms with Gasteiger partial charge in [-0.2, -0.15) is 0 Å². The molecule has 0 saturated carbocycles. The van der Waals surface area contributed by atoms with E-state index in [2.05, 4.69) is 20.2 Å². The largest absolute Gasteiger partial charge is 0.351 e. The fourth-order valence-electron chi connectivity index (χ4n) is 2.95. The zero-order valence-corrected chi connectivity index (χ0v) is 14.4. The van der Waals surface area contributed by atoms with Crippen LogP contribution in [0.25, 0.3) is 0 Å². The van der Waals surface area contributed by atoms with Crippen molar-refractivity contribution in [1.82, 2.24) is 15.3 Å². The summed E-state index contributed by atoms with van der Waals surface area (Å²) in [6.07, 6.45) is 1.92. The number of nitrogens with zero attached hydrogens (tertiary/aromatic N) is 3. The van der Waals surface area contributed by atoms with Gasteiger partial charge in [-0.3, -0.25) is 4.79 Å². The number of carbonyl (C=O) groups excluding carboxylic acids is 1. The first-order valence-electron chi connectivity index (χ1n) is 7.99. The maximum Gasteiger partial charge on any atom is 0.225 e. The highest BCUT2D eigenvalue weighted by molar-refractivity contribution is 7.09. The van der Waals surface area contributed by atoms with Crippen LogP contribution in [0.4, 0.5) is 5.95 Å². The second-order valence-electron chi connectivity index (χ2n) is 6.03. The number of thiophene rings is 1. The molecule has 1 amide bonds. The van der Waals surface area contributed by atoms with E-state index in [1.54, 1.807) is 11.3 Å². The molecule has 0 aliphatic carbocycles. The van der Waals surface area contributed by atoms with Crippen LogP contribution >= 0.6 is 11.3 Å². The molecule has 0 bridgehead atoms. The summed E-state index contributed by atoms with van der Waals surface area (Å²) < 4.78 is 0. The van der Waals surface area contributed by atoms with Gasteiger partial charge in [0, 0.05) is 29.4 Å². The van der Waals surface area contributed by atoms with E-state index in [0.29, 0.717) is 13.1 Å². The molecule has 0 spiro atoms. The third kappa shape index (κ3) is 4.07. The van der Waals surface area contributed by atoms with E-state index in [1.165, 1.54) is 4.88 Å². The van der Waals surface area contributed by atoms with E-state index in [1.807, 2.05) is 37.4 Å². The maximum absolute atomic E-state index is 12.4. The maximum atomic E-state index is 12.4. The molecule has 2 aromatic heterocycles. The lowest BCUT2D eigenvalue weighted by Crippen LogP contribution is -2.43. The Morgan fingerprint density at radius 3 is 2.87 bits per heavy atom. The van der Waals surface area contributed by atoms with Crippen LogP contribution in [-0.4, -0.2) is 29.0 Å². The smallest absolute Gasteiger partial charge is 0.225 e. The topological polar surface area (TPSA) is 58.1 Å². The second kappa shape index (κ2) is 7.08. The summed E-state index contributed by atoms with van der Waals surface area (Å²) >= 11 is 1.67. The third-order valence-electron chi connectivity index (χ3n) is 4.06. The van der Waals surface area contributed by atoms with Gasteiger partial charge < -0.3 is 10.2 Å². The predicted molar refractivity (Wildman–Crippen MR) is 92.6 cm³/mol. The zero-order valence-electron chi connectivity index (χ0n) is 13.6. The molecule has 3 rings (SSSR count). The molecule has 0 radical (unpaired) electrons. The first kappa shape index (κ1) is 15.9. The molecule has 1 aliphatic heterocycles. The van der Waals surface area contributed by atoms with Crippen LogP contribution in [0.15, 0.2) is 23.6 Å². The molecule has 6 heteroatoms. The standard InChI is InChI=1S/C17H22N4OS/c1-12-9-13(2)20-17(19-12)21-7-3-5-14(11-21)16(22)18-10-15-6-4-8-23-15/h4,6,8-9,14H,3,5,7,10-11H2,1-2H3,(H,18,22)/t14-/m1/s1. The summed E-state index contributed by atoms with van der Waals surface area (Å²) in [7, 11) is 0. The molecule has 1 saturated heterocycles. The molecule has 0 aromatic carbocycles. The number of carbonyl (C=O) groups is 1. The Morgan fingerprint density at radius 2 is 2.17 bits per heavy atom. The molecule has 1 atom stereocenters. The molecular weight excluding hydrogens is 308 g/mol. The minimum absolute atomic E-state index is 0.00753. The lowest BCUT2D eigenvalue weighted by atomic mass is 9.97. The molecule has 3 heterocycles. The van der Waals surface area contributed by atoms with Crippen molar-refractivity contribution in [3.8, 4) is 0 Å². The summed E-state index contributed by atoms with van der Waals surface area (Å²) in [5, 5.41) is 5.08. The number of nitrogens with one attached hydrogen (secondary N) is 1. The van der Waals surface area contributed by atoms with Gasteiger partial charge in [-0.15, -0.1) is 11.3 Å². The Kier molecular flexibility index (Phi) is 4.91. The van der Waals surface area contributed by atoms with Crippen LogP contribution in [0, 0.1) is 19.8 Å². The number of piperidine rings is 1. The Bertz CT molecular complexity index is 651. The Hall–Kier alpha value is -1.95. The Labute approximate surface area is 140 Å². The number of hydrogen-bond donors (Lipinski definition) is 1. The fraction of sp³-hybridized carbons (Fsp3) is 0.471. The average Bonchev–Trinajstić information content (AvgIpc) is 3.05. The zero-order chi connectivity index (χ0) is 16.2. The van der Waals surface area contributed by atoms with Crippen molar-refractivity contribution in [2.24, 2.45) is 5.92 Å². The second-order valence-corrected chi connectivity index (χ2v) is 7.07. The van der Waals surface area contributed by atoms with Gasteiger partial charge >= 0.3 is 0 Å². The van der Waals surface area contributed by atoms with E-state index >= 15 is 0 Å². The average molecular weight is 330 g/mol. The number of amides is 1. The molecule has 1 N–H and O–H groups in total. The highest BCUT2D eigenvalue weighted by atomic mass is 32.1. The normalized spacial score (nSPS) is 18.0. The van der Waals surface area contributed by atoms with Gasteiger partial charge in [-0.05, 0) is 44.2 Å². The molecular formula is C17H22N4OS. The van der Waals surface area contributed by atoms with Crippen LogP contribution in [0.1, 0.15) is 29.1 Å². The van der Waals surface area contributed by atoms with Gasteiger partial charge in [0.15, 0.2) is 0 Å². The molecule has 1 fully saturated rings. The van der Waals surface area contributed by atoms with E-state index in [4.69, 9.17) is 0 Å². The van der Waals surface area contributed by atoms with Crippen molar-refractivity contribution in [2.45, 2.75) is 33.2 Å². The minimum Gasteiger partial charge on any atom is -0.351 e. The van der Waals surface area contributed by atoms with Crippen LogP contribution < -0.4 is 10.2 Å². The first-order chi connectivity index (χ1) is 11.1. The Balaban J connectivity index is 1.62. The van der Waals surface area contributed by atoms with E-state index < -0.39 is 0 Å². The summed E-state index contributed by atoms with van der Waals surface area (Å²) in [4.78, 5) is 24.8. The van der Waals surface area contributed by atoms with Crippen LogP contribution in [-0.2, 0) is 11.3 Å². The minimum atomic E-state index is 0.00753. The van der Waals surface area contributed by atoms with Crippen molar-refractivity contribution < 1.29 is 4.79 Å². The number of aryl methyl sites for hydroxylation is 2. The van der Waals surface area contributed by atoms with E-state index in [-0.39, 0.29) is 11.8 Å². The first-order valence-corrected chi connectivity index (χ1v) is 8.87. The van der Waals surface area contributed by atoms with Gasteiger partial charge in [0.05, 0.1) is 12.5 Å². The van der Waals surface area contributed by atoms with Crippen molar-refractivity contribution in [2.75, 3.05) is 18.0 Å². The fourth-order valence-corrected chi connectivity index (χ4v) is 3.60. The molecule has 2 aromatic rings. The summed E-state index contributed by atoms with van der Waals surface area (Å²) in [6.45, 7) is 6.19. The summed E-state index contributed by atoms with van der Waals surface area (Å²) in [5.74, 6) is 0.888. The molecule has 23 heavy (non-hydrogen) atoms. The van der Waals surface area contributed by atoms with Crippen LogP contribution in [0.3, 0.4) is 0 Å². The van der Waals surface area contributed by atoms with Crippen molar-refractivity contribution in [1.29, 1.82) is 0 Å². The van der Waals surface area contributed by atoms with E-state index in [9.17, 15) is 4.79 Å². The molecule has 122 valence electrons. The van der Waals surface area contributed by atoms with Gasteiger partial charge in [-0.25, -0.2) is 9.97 Å². The monoisotopic (exact) mass is 330 g/mol. The number of rotatable bonds is 4. The number of aromatic nitrogens is 2. The van der Waals surface area contributed by atoms with Gasteiger partial charge in [-0.1, -0.05) is 6.07 Å². The van der Waals surface area contributed by atoms with Crippen molar-refractivity contribution in [3.63, 3.8) is 0 Å². The SMILES string of the molecule is Cc1cc(C)nc(N2CCC[C@@H](C(=O)NCc3cccs3)C2)n1. The van der Waals surface area contributed by atoms with Crippen LogP contribution in [0.5, 0.6) is 0 Å². The summed E-state index contributed by atoms with van der Waals surface area (Å²) in [6, 6.07) is 6.02. The lowest BCUT2D eigenvalue weighted by molar-refractivity contribution is -0.125. The third-order valence-corrected chi connectivity index (χ3v) is 4.94. The summed E-state index contributed by atoms with van der Waals surface area (Å²) in [5.41, 5.74) is 1.94. The number of anilines is 1. The predicted octanol–water partition coefficient (Wildman–Crippen LogP) is 2.69. The molecule has 1 aliphatic rings. The quantitative estimate of drug-likeness (QED) is 0.936. The molecule has 0 unspecified atom stereocenters. The highest BCUT2D eigenvalue weighted by Crippen LogP contribution is 2.21. The Morgan fingerprint density at radius 1 is 1.39 bits per heavy atom. The number of hydrogen-bond acceptors (Lipinski definition) is 5. The van der Waals surface area contributed by atoms with Gasteiger partial charge in [0.1, 0.15) is 0 Å². The van der Waals surface area contributed by atoms with Crippen molar-refractivity contribution in [3.05, 3.63) is 39.8 Å².